The zero-order chi connectivity index (χ0) is 40.0. The van der Waals surface area contributed by atoms with Crippen LogP contribution in [0.3, 0.4) is 0 Å². The number of Topliss-reactive ketones (excluding diaryl/α,β-unsaturated/α-hetero) is 1. The van der Waals surface area contributed by atoms with E-state index in [1.54, 1.807) is 0 Å². The third-order valence-electron chi connectivity index (χ3n) is 8.82. The molecule has 1 atom stereocenters. The van der Waals surface area contributed by atoms with Crippen molar-refractivity contribution in [1.29, 1.82) is 0 Å². The highest BCUT2D eigenvalue weighted by molar-refractivity contribution is 6.08. The van der Waals surface area contributed by atoms with Gasteiger partial charge in [0.05, 0.1) is 11.6 Å². The Hall–Kier alpha value is -3.99. The highest BCUT2D eigenvalue weighted by Crippen LogP contribution is 2.40. The van der Waals surface area contributed by atoms with Crippen LogP contribution < -0.4 is 4.74 Å². The van der Waals surface area contributed by atoms with Gasteiger partial charge < -0.3 is 9.84 Å². The maximum atomic E-state index is 13.9. The number of hydrogen-bond donors (Lipinski definition) is 1. The van der Waals surface area contributed by atoms with Gasteiger partial charge in [-0.3, -0.25) is 9.59 Å². The van der Waals surface area contributed by atoms with Crippen LogP contribution in [0.25, 0.3) is 10.9 Å². The SMILES string of the molecule is CC.CC.CC.CC.Cc1c(C)c(C)c(C(=O)C(C)c2ccc3cccc(OCc4cc(C(C)(C)C)c(O)c(C(C)(C)C)c4)c3n2)c(C=O)c1C. The lowest BCUT2D eigenvalue weighted by atomic mass is 9.78. The summed E-state index contributed by atoms with van der Waals surface area (Å²) in [6.45, 7) is 38.5. The summed E-state index contributed by atoms with van der Waals surface area (Å²) in [6.07, 6.45) is 0.800. The first-order chi connectivity index (χ1) is 24.0. The van der Waals surface area contributed by atoms with E-state index in [-0.39, 0.29) is 16.6 Å². The van der Waals surface area contributed by atoms with Crippen LogP contribution in [-0.2, 0) is 17.4 Å². The van der Waals surface area contributed by atoms with E-state index < -0.39 is 5.92 Å². The first-order valence-electron chi connectivity index (χ1n) is 19.0. The highest BCUT2D eigenvalue weighted by atomic mass is 16.5. The Bertz CT molecular complexity index is 1700. The number of nitrogens with zero attached hydrogens (tertiary/aromatic N) is 1. The lowest BCUT2D eigenvalue weighted by Gasteiger charge is -2.28. The van der Waals surface area contributed by atoms with Crippen molar-refractivity contribution in [3.8, 4) is 11.5 Å². The minimum atomic E-state index is -0.558. The molecule has 0 bridgehead atoms. The lowest BCUT2D eigenvalue weighted by Crippen LogP contribution is -2.18. The van der Waals surface area contributed by atoms with E-state index in [9.17, 15) is 14.7 Å². The van der Waals surface area contributed by atoms with Crippen molar-refractivity contribution in [3.05, 3.63) is 98.2 Å². The molecule has 0 amide bonds. The van der Waals surface area contributed by atoms with Crippen molar-refractivity contribution >= 4 is 23.0 Å². The summed E-state index contributed by atoms with van der Waals surface area (Å²) in [7, 11) is 0. The van der Waals surface area contributed by atoms with E-state index >= 15 is 0 Å². The Labute approximate surface area is 311 Å². The number of hydrogen-bond acceptors (Lipinski definition) is 5. The van der Waals surface area contributed by atoms with Crippen LogP contribution in [0.2, 0.25) is 0 Å². The fraction of sp³-hybridized carbons (Fsp3) is 0.500. The van der Waals surface area contributed by atoms with Crippen molar-refractivity contribution in [2.45, 2.75) is 155 Å². The molecule has 1 unspecified atom stereocenters. The average Bonchev–Trinajstić information content (AvgIpc) is 3.13. The molecular formula is C46H69NO4. The normalized spacial score (nSPS) is 11.3. The standard InChI is InChI=1S/C38H45NO4.4C2H6/c1-21-22(2)24(4)33(28(19-40)23(21)3)35(41)25(5)31-16-15-27-13-12-14-32(34(27)39-31)43-20-26-17-29(37(6,7)8)36(42)30(18-26)38(9,10)11;4*1-2/h12-19,25,42H,20H2,1-11H3;4*1-2H3. The number of para-hydroxylation sites is 1. The topological polar surface area (TPSA) is 76.5 Å². The van der Waals surface area contributed by atoms with Gasteiger partial charge in [0.15, 0.2) is 12.1 Å². The number of carbonyl (C=O) groups excluding carboxylic acids is 2. The monoisotopic (exact) mass is 700 g/mol. The number of aldehydes is 1. The number of phenolic OH excluding ortho intramolecular Hbond substituents is 1. The highest BCUT2D eigenvalue weighted by Gasteiger charge is 2.28. The Morgan fingerprint density at radius 1 is 0.765 bits per heavy atom. The van der Waals surface area contributed by atoms with Gasteiger partial charge in [0.25, 0.3) is 0 Å². The molecule has 4 rings (SSSR count). The summed E-state index contributed by atoms with van der Waals surface area (Å²) in [4.78, 5) is 30.9. The van der Waals surface area contributed by atoms with Gasteiger partial charge in [-0.05, 0) is 109 Å². The molecule has 1 N–H and O–H groups in total. The number of benzene rings is 3. The van der Waals surface area contributed by atoms with Crippen molar-refractivity contribution in [2.24, 2.45) is 0 Å². The second-order valence-corrected chi connectivity index (χ2v) is 13.9. The number of aromatic nitrogens is 1. The molecule has 0 aliphatic heterocycles. The second-order valence-electron chi connectivity index (χ2n) is 13.9. The maximum Gasteiger partial charge on any atom is 0.172 e. The van der Waals surface area contributed by atoms with Gasteiger partial charge in [-0.25, -0.2) is 4.98 Å². The minimum Gasteiger partial charge on any atom is -0.507 e. The molecule has 5 nitrogen and oxygen atoms in total. The number of fused-ring (bicyclic) bond motifs is 1. The molecule has 5 heteroatoms. The van der Waals surface area contributed by atoms with Crippen LogP contribution in [0.1, 0.15) is 175 Å². The first kappa shape index (κ1) is 47.0. The van der Waals surface area contributed by atoms with Crippen molar-refractivity contribution in [1.82, 2.24) is 4.98 Å². The average molecular weight is 700 g/mol. The molecule has 0 spiro atoms. The summed E-state index contributed by atoms with van der Waals surface area (Å²) >= 11 is 0. The fourth-order valence-corrected chi connectivity index (χ4v) is 5.73. The molecule has 0 radical (unpaired) electrons. The molecule has 4 aromatic rings. The van der Waals surface area contributed by atoms with Crippen LogP contribution in [0.5, 0.6) is 11.5 Å². The lowest BCUT2D eigenvalue weighted by molar-refractivity contribution is 0.0958. The summed E-state index contributed by atoms with van der Waals surface area (Å²) in [6, 6.07) is 13.7. The first-order valence-corrected chi connectivity index (χ1v) is 19.0. The molecule has 0 saturated carbocycles. The molecule has 0 aliphatic carbocycles. The molecule has 0 fully saturated rings. The molecule has 1 heterocycles. The van der Waals surface area contributed by atoms with Crippen molar-refractivity contribution in [3.63, 3.8) is 0 Å². The maximum absolute atomic E-state index is 13.9. The Morgan fingerprint density at radius 2 is 1.25 bits per heavy atom. The number of ether oxygens (including phenoxy) is 1. The van der Waals surface area contributed by atoms with Crippen LogP contribution in [-0.4, -0.2) is 22.2 Å². The van der Waals surface area contributed by atoms with Crippen LogP contribution >= 0.6 is 0 Å². The van der Waals surface area contributed by atoms with Gasteiger partial charge in [-0.1, -0.05) is 115 Å². The summed E-state index contributed by atoms with van der Waals surface area (Å²) in [5.74, 6) is 0.279. The fourth-order valence-electron chi connectivity index (χ4n) is 5.73. The van der Waals surface area contributed by atoms with Gasteiger partial charge in [-0.15, -0.1) is 0 Å². The van der Waals surface area contributed by atoms with E-state index in [0.29, 0.717) is 40.4 Å². The van der Waals surface area contributed by atoms with E-state index in [1.165, 1.54) is 0 Å². The van der Waals surface area contributed by atoms with E-state index in [0.717, 1.165) is 50.6 Å². The molecular weight excluding hydrogens is 631 g/mol. The van der Waals surface area contributed by atoms with Gasteiger partial charge in [0.1, 0.15) is 23.6 Å². The van der Waals surface area contributed by atoms with E-state index in [4.69, 9.17) is 9.72 Å². The molecule has 3 aromatic carbocycles. The number of aromatic hydroxyl groups is 1. The number of rotatable bonds is 7. The molecule has 282 valence electrons. The predicted molar refractivity (Wildman–Crippen MR) is 220 cm³/mol. The summed E-state index contributed by atoms with van der Waals surface area (Å²) < 4.78 is 6.39. The van der Waals surface area contributed by atoms with Gasteiger partial charge >= 0.3 is 0 Å². The Morgan fingerprint density at radius 3 is 1.73 bits per heavy atom. The smallest absolute Gasteiger partial charge is 0.172 e. The van der Waals surface area contributed by atoms with Crippen LogP contribution in [0, 0.1) is 27.7 Å². The predicted octanol–water partition coefficient (Wildman–Crippen LogP) is 13.3. The van der Waals surface area contributed by atoms with Crippen LogP contribution in [0.15, 0.2) is 42.5 Å². The summed E-state index contributed by atoms with van der Waals surface area (Å²) in [5, 5.41) is 12.0. The van der Waals surface area contributed by atoms with Gasteiger partial charge in [0, 0.05) is 16.5 Å². The van der Waals surface area contributed by atoms with E-state index in [2.05, 4.69) is 41.5 Å². The van der Waals surface area contributed by atoms with Gasteiger partial charge in [0.2, 0.25) is 0 Å². The molecule has 51 heavy (non-hydrogen) atoms. The molecule has 0 aliphatic rings. The zero-order valence-electron chi connectivity index (χ0n) is 35.5. The van der Waals surface area contributed by atoms with Gasteiger partial charge in [-0.2, -0.15) is 0 Å². The zero-order valence-corrected chi connectivity index (χ0v) is 35.5. The minimum absolute atomic E-state index is 0.121. The number of ketones is 1. The van der Waals surface area contributed by atoms with E-state index in [1.807, 2.05) is 132 Å². The number of pyridine rings is 1. The Balaban J connectivity index is 0.00000292. The third-order valence-corrected chi connectivity index (χ3v) is 8.82. The quantitative estimate of drug-likeness (QED) is 0.153. The van der Waals surface area contributed by atoms with Crippen molar-refractivity contribution < 1.29 is 19.4 Å². The van der Waals surface area contributed by atoms with Crippen molar-refractivity contribution in [2.75, 3.05) is 0 Å². The second kappa shape index (κ2) is 20.8. The largest absolute Gasteiger partial charge is 0.507 e. The summed E-state index contributed by atoms with van der Waals surface area (Å²) in [5.41, 5.74) is 8.23. The number of carbonyl (C=O) groups is 2. The number of phenols is 1. The Kier molecular flexibility index (Phi) is 19.1. The molecule has 0 saturated heterocycles. The third kappa shape index (κ3) is 11.0. The molecule has 1 aromatic heterocycles. The van der Waals surface area contributed by atoms with Crippen LogP contribution in [0.4, 0.5) is 0 Å².